The smallest absolute Gasteiger partial charge is 0.308 e. The third kappa shape index (κ3) is 5.28. The lowest BCUT2D eigenvalue weighted by Crippen LogP contribution is -2.42. The van der Waals surface area contributed by atoms with E-state index in [1.54, 1.807) is 36.7 Å². The summed E-state index contributed by atoms with van der Waals surface area (Å²) < 4.78 is 26.1. The van der Waals surface area contributed by atoms with E-state index in [0.717, 1.165) is 21.2 Å². The molecule has 0 aliphatic carbocycles. The fraction of sp³-hybridized carbons (Fsp3) is 0.400. The van der Waals surface area contributed by atoms with E-state index in [1.807, 2.05) is 62.4 Å². The zero-order chi connectivity index (χ0) is 25.8. The molecular weight excluding hydrogens is 497 g/mol. The monoisotopic (exact) mass is 529 g/mol. The van der Waals surface area contributed by atoms with Crippen LogP contribution in [0.4, 0.5) is 11.4 Å². The van der Waals surface area contributed by atoms with E-state index in [1.165, 1.54) is 4.68 Å². The standard InChI is InChI=1S/C25H32N5O4PS/c1-5-25(4,35(32,33-6-2)34-7-3)26-16-19-17-29(28-27-19)18-24(31)30-20-12-8-10-14-22(20)36-23-15-11-9-13-21(23)30/h8-15,17,26H,5-7,16,18H2,1-4H3. The minimum absolute atomic E-state index is 0.0295. The van der Waals surface area contributed by atoms with Crippen LogP contribution in [-0.2, 0) is 31.5 Å². The lowest BCUT2D eigenvalue weighted by molar-refractivity contribution is -0.118. The van der Waals surface area contributed by atoms with Crippen LogP contribution in [0.5, 0.6) is 0 Å². The molecule has 0 saturated carbocycles. The molecule has 0 fully saturated rings. The van der Waals surface area contributed by atoms with E-state index in [9.17, 15) is 9.36 Å². The Labute approximate surface area is 216 Å². The summed E-state index contributed by atoms with van der Waals surface area (Å²) in [7, 11) is -3.40. The molecule has 36 heavy (non-hydrogen) atoms. The molecule has 4 rings (SSSR count). The third-order valence-corrected chi connectivity index (χ3v) is 10.1. The zero-order valence-electron chi connectivity index (χ0n) is 21.0. The molecular formula is C25H32N5O4PS. The van der Waals surface area contributed by atoms with Gasteiger partial charge in [0.05, 0.1) is 36.5 Å². The summed E-state index contributed by atoms with van der Waals surface area (Å²) in [6, 6.07) is 15.7. The molecule has 1 unspecified atom stereocenters. The van der Waals surface area contributed by atoms with Crippen LogP contribution >= 0.6 is 19.4 Å². The molecule has 2 heterocycles. The molecule has 1 N–H and O–H groups in total. The second-order valence-corrected chi connectivity index (χ2v) is 12.1. The summed E-state index contributed by atoms with van der Waals surface area (Å²) in [5.41, 5.74) is 2.33. The van der Waals surface area contributed by atoms with Gasteiger partial charge in [-0.15, -0.1) is 5.10 Å². The number of nitrogens with one attached hydrogen (secondary N) is 1. The highest BCUT2D eigenvalue weighted by Gasteiger charge is 2.45. The van der Waals surface area contributed by atoms with E-state index in [4.69, 9.17) is 9.05 Å². The van der Waals surface area contributed by atoms with Crippen molar-refractivity contribution >= 4 is 36.6 Å². The highest BCUT2D eigenvalue weighted by molar-refractivity contribution is 7.99. The summed E-state index contributed by atoms with van der Waals surface area (Å²) >= 11 is 1.65. The molecule has 9 nitrogen and oxygen atoms in total. The van der Waals surface area contributed by atoms with Crippen LogP contribution in [0.25, 0.3) is 0 Å². The zero-order valence-corrected chi connectivity index (χ0v) is 22.7. The van der Waals surface area contributed by atoms with Gasteiger partial charge in [0.1, 0.15) is 11.8 Å². The van der Waals surface area contributed by atoms with Crippen LogP contribution in [0.1, 0.15) is 39.8 Å². The Bertz CT molecular complexity index is 1210. The van der Waals surface area contributed by atoms with Gasteiger partial charge >= 0.3 is 7.60 Å². The molecule has 1 amide bonds. The van der Waals surface area contributed by atoms with Crippen LogP contribution in [0.15, 0.2) is 64.5 Å². The predicted octanol–water partition coefficient (Wildman–Crippen LogP) is 5.59. The predicted molar refractivity (Wildman–Crippen MR) is 141 cm³/mol. The van der Waals surface area contributed by atoms with Crippen LogP contribution in [0, 0.1) is 0 Å². The maximum Gasteiger partial charge on any atom is 0.350 e. The quantitative estimate of drug-likeness (QED) is 0.321. The van der Waals surface area contributed by atoms with Crippen LogP contribution in [-0.4, -0.2) is 39.4 Å². The number of aromatic nitrogens is 3. The number of nitrogens with zero attached hydrogens (tertiary/aromatic N) is 4. The molecule has 1 atom stereocenters. The topological polar surface area (TPSA) is 98.6 Å². The van der Waals surface area contributed by atoms with Gasteiger partial charge in [-0.2, -0.15) is 0 Å². The molecule has 3 aromatic rings. The first kappa shape index (κ1) is 26.6. The average molecular weight is 530 g/mol. The van der Waals surface area contributed by atoms with Crippen molar-refractivity contribution in [3.05, 3.63) is 60.4 Å². The Morgan fingerprint density at radius 3 is 2.17 bits per heavy atom. The maximum absolute atomic E-state index is 13.5. The third-order valence-electron chi connectivity index (χ3n) is 6.11. The SMILES string of the molecule is CCOP(=O)(OCC)C(C)(CC)NCc1cn(CC(=O)N2c3ccccc3Sc3ccccc32)nn1. The number of anilines is 2. The number of para-hydroxylation sites is 2. The lowest BCUT2D eigenvalue weighted by Gasteiger charge is -2.35. The van der Waals surface area contributed by atoms with Crippen molar-refractivity contribution in [2.45, 2.75) is 62.3 Å². The number of carbonyl (C=O) groups is 1. The van der Waals surface area contributed by atoms with Crippen molar-refractivity contribution in [1.82, 2.24) is 20.3 Å². The molecule has 0 spiro atoms. The van der Waals surface area contributed by atoms with Crippen molar-refractivity contribution in [2.75, 3.05) is 18.1 Å². The van der Waals surface area contributed by atoms with Crippen molar-refractivity contribution < 1.29 is 18.4 Å². The second kappa shape index (κ2) is 11.3. The lowest BCUT2D eigenvalue weighted by atomic mass is 10.2. The normalized spacial score (nSPS) is 14.7. The fourth-order valence-corrected chi connectivity index (χ4v) is 7.08. The highest BCUT2D eigenvalue weighted by Crippen LogP contribution is 2.60. The van der Waals surface area contributed by atoms with Crippen molar-refractivity contribution in [2.24, 2.45) is 0 Å². The van der Waals surface area contributed by atoms with Gasteiger partial charge in [-0.1, -0.05) is 48.2 Å². The van der Waals surface area contributed by atoms with Gasteiger partial charge in [0.15, 0.2) is 0 Å². The molecule has 1 aliphatic rings. The summed E-state index contributed by atoms with van der Waals surface area (Å²) in [6.45, 7) is 8.25. The number of fused-ring (bicyclic) bond motifs is 2. The number of amides is 1. The van der Waals surface area contributed by atoms with Gasteiger partial charge in [-0.3, -0.25) is 19.6 Å². The highest BCUT2D eigenvalue weighted by atomic mass is 32.2. The summed E-state index contributed by atoms with van der Waals surface area (Å²) in [4.78, 5) is 17.3. The Kier molecular flexibility index (Phi) is 8.32. The minimum Gasteiger partial charge on any atom is -0.308 e. The molecule has 0 bridgehead atoms. The summed E-state index contributed by atoms with van der Waals surface area (Å²) in [6.07, 6.45) is 2.26. The number of benzene rings is 2. The largest absolute Gasteiger partial charge is 0.350 e. The number of rotatable bonds is 11. The van der Waals surface area contributed by atoms with Gasteiger partial charge in [0.2, 0.25) is 0 Å². The first-order chi connectivity index (χ1) is 17.3. The Morgan fingerprint density at radius 1 is 1.03 bits per heavy atom. The average Bonchev–Trinajstić information content (AvgIpc) is 3.33. The number of hydrogen-bond acceptors (Lipinski definition) is 8. The molecule has 2 aromatic carbocycles. The summed E-state index contributed by atoms with van der Waals surface area (Å²) in [5, 5.41) is 10.8. The van der Waals surface area contributed by atoms with Crippen LogP contribution in [0.2, 0.25) is 0 Å². The van der Waals surface area contributed by atoms with Gasteiger partial charge in [0, 0.05) is 16.3 Å². The van der Waals surface area contributed by atoms with Gasteiger partial charge < -0.3 is 9.05 Å². The molecule has 11 heteroatoms. The molecule has 0 radical (unpaired) electrons. The fourth-order valence-electron chi connectivity index (χ4n) is 4.04. The molecule has 0 saturated heterocycles. The van der Waals surface area contributed by atoms with E-state index in [0.29, 0.717) is 18.7 Å². The first-order valence-electron chi connectivity index (χ1n) is 12.1. The molecule has 1 aliphatic heterocycles. The van der Waals surface area contributed by atoms with E-state index < -0.39 is 12.9 Å². The van der Waals surface area contributed by atoms with Gasteiger partial charge in [-0.05, 0) is 51.5 Å². The van der Waals surface area contributed by atoms with Gasteiger partial charge in [0.25, 0.3) is 5.91 Å². The molecule has 1 aromatic heterocycles. The Morgan fingerprint density at radius 2 is 1.61 bits per heavy atom. The summed E-state index contributed by atoms with van der Waals surface area (Å²) in [5.74, 6) is -0.116. The van der Waals surface area contributed by atoms with Crippen LogP contribution in [0.3, 0.4) is 0 Å². The maximum atomic E-state index is 13.5. The van der Waals surface area contributed by atoms with Crippen molar-refractivity contribution in [3.8, 4) is 0 Å². The van der Waals surface area contributed by atoms with Crippen molar-refractivity contribution in [3.63, 3.8) is 0 Å². The first-order valence-corrected chi connectivity index (χ1v) is 14.4. The second-order valence-electron chi connectivity index (χ2n) is 8.49. The Balaban J connectivity index is 1.49. The van der Waals surface area contributed by atoms with E-state index in [-0.39, 0.29) is 25.7 Å². The van der Waals surface area contributed by atoms with E-state index in [2.05, 4.69) is 15.6 Å². The van der Waals surface area contributed by atoms with E-state index >= 15 is 0 Å². The van der Waals surface area contributed by atoms with Gasteiger partial charge in [-0.25, -0.2) is 4.68 Å². The molecule has 192 valence electrons. The van der Waals surface area contributed by atoms with Crippen LogP contribution < -0.4 is 10.2 Å². The van der Waals surface area contributed by atoms with Crippen molar-refractivity contribution in [1.29, 1.82) is 0 Å². The number of hydrogen-bond donors (Lipinski definition) is 1. The number of carbonyl (C=O) groups excluding carboxylic acids is 1. The Hall–Kier alpha value is -2.49. The minimum atomic E-state index is -3.40.